The number of nitrogens with zero attached hydrogens (tertiary/aromatic N) is 2. The van der Waals surface area contributed by atoms with Crippen LogP contribution in [-0.2, 0) is 19.0 Å². The summed E-state index contributed by atoms with van der Waals surface area (Å²) in [5, 5.41) is 0. The Labute approximate surface area is 125 Å². The second-order valence-electron chi connectivity index (χ2n) is 5.96. The first-order valence-corrected chi connectivity index (χ1v) is 7.34. The van der Waals surface area contributed by atoms with E-state index in [-0.39, 0.29) is 24.0 Å². The molecule has 2 bridgehead atoms. The molecule has 0 aromatic heterocycles. The summed E-state index contributed by atoms with van der Waals surface area (Å²) in [6.07, 6.45) is -1.31. The van der Waals surface area contributed by atoms with Gasteiger partial charge >= 0.3 is 12.1 Å². The summed E-state index contributed by atoms with van der Waals surface area (Å²) in [4.78, 5) is 27.5. The lowest BCUT2D eigenvalue weighted by Gasteiger charge is -2.47. The first-order valence-electron chi connectivity index (χ1n) is 7.34. The first-order chi connectivity index (χ1) is 9.88. The molecule has 2 saturated heterocycles. The number of carbonyl (C=O) groups is 2. The number of amides is 1. The maximum atomic E-state index is 12.2. The van der Waals surface area contributed by atoms with Gasteiger partial charge in [-0.05, 0) is 7.05 Å². The highest BCUT2D eigenvalue weighted by atomic mass is 16.7. The van der Waals surface area contributed by atoms with E-state index >= 15 is 0 Å². The molecule has 7 nitrogen and oxygen atoms in total. The smallest absolute Gasteiger partial charge is 0.412 e. The molecule has 3 unspecified atom stereocenters. The normalized spacial score (nSPS) is 27.4. The number of hydrogen-bond donors (Lipinski definition) is 0. The Bertz CT molecular complexity index is 387. The number of ether oxygens (including phenoxy) is 3. The average molecular weight is 300 g/mol. The number of esters is 1. The third-order valence-corrected chi connectivity index (χ3v) is 3.91. The second kappa shape index (κ2) is 6.62. The van der Waals surface area contributed by atoms with Crippen molar-refractivity contribution < 1.29 is 23.8 Å². The highest BCUT2D eigenvalue weighted by Crippen LogP contribution is 2.20. The molecule has 0 saturated carbocycles. The van der Waals surface area contributed by atoms with E-state index in [9.17, 15) is 9.59 Å². The van der Waals surface area contributed by atoms with Gasteiger partial charge in [0.1, 0.15) is 0 Å². The number of fused-ring (bicyclic) bond motifs is 2. The maximum Gasteiger partial charge on any atom is 0.412 e. The summed E-state index contributed by atoms with van der Waals surface area (Å²) in [7, 11) is 2.05. The zero-order chi connectivity index (χ0) is 15.6. The van der Waals surface area contributed by atoms with Crippen LogP contribution in [0.4, 0.5) is 4.79 Å². The van der Waals surface area contributed by atoms with E-state index in [1.807, 2.05) is 7.05 Å². The van der Waals surface area contributed by atoms with Crippen molar-refractivity contribution in [2.75, 3.05) is 33.4 Å². The van der Waals surface area contributed by atoms with Gasteiger partial charge in [-0.25, -0.2) is 4.79 Å². The molecule has 21 heavy (non-hydrogen) atoms. The predicted octanol–water partition coefficient (Wildman–Crippen LogP) is 0.683. The van der Waals surface area contributed by atoms with Crippen LogP contribution in [-0.4, -0.2) is 73.6 Å². The molecule has 0 N–H and O–H groups in total. The molecule has 2 heterocycles. The van der Waals surface area contributed by atoms with Crippen LogP contribution < -0.4 is 0 Å². The maximum absolute atomic E-state index is 12.2. The van der Waals surface area contributed by atoms with E-state index in [1.165, 1.54) is 0 Å². The summed E-state index contributed by atoms with van der Waals surface area (Å²) >= 11 is 0. The van der Waals surface area contributed by atoms with Crippen molar-refractivity contribution >= 4 is 12.1 Å². The molecule has 2 aliphatic rings. The second-order valence-corrected chi connectivity index (χ2v) is 5.96. The van der Waals surface area contributed by atoms with Crippen LogP contribution in [0.25, 0.3) is 0 Å². The molecular weight excluding hydrogens is 276 g/mol. The van der Waals surface area contributed by atoms with Crippen LogP contribution in [0.15, 0.2) is 0 Å². The standard InChI is InChI=1S/C14H24N2O5/c1-9(2)13(17)20-10(3)21-14(18)16-5-11-7-19-8-12(6-16)15(11)4/h9-12H,5-8H2,1-4H3. The van der Waals surface area contributed by atoms with Gasteiger partial charge in [-0.15, -0.1) is 0 Å². The van der Waals surface area contributed by atoms with Crippen molar-refractivity contribution in [3.05, 3.63) is 0 Å². The summed E-state index contributed by atoms with van der Waals surface area (Å²) < 4.78 is 15.7. The van der Waals surface area contributed by atoms with Crippen LogP contribution >= 0.6 is 0 Å². The van der Waals surface area contributed by atoms with Gasteiger partial charge in [-0.1, -0.05) is 13.8 Å². The van der Waals surface area contributed by atoms with Gasteiger partial charge in [0.05, 0.1) is 31.2 Å². The molecule has 120 valence electrons. The number of morpholine rings is 1. The zero-order valence-corrected chi connectivity index (χ0v) is 13.1. The molecule has 7 heteroatoms. The number of rotatable bonds is 3. The van der Waals surface area contributed by atoms with Crippen molar-refractivity contribution in [3.63, 3.8) is 0 Å². The molecule has 0 aliphatic carbocycles. The number of likely N-dealkylation sites (N-methyl/N-ethyl adjacent to an activating group) is 1. The Morgan fingerprint density at radius 1 is 1.10 bits per heavy atom. The fourth-order valence-electron chi connectivity index (χ4n) is 2.51. The minimum atomic E-state index is -0.872. The van der Waals surface area contributed by atoms with Crippen molar-refractivity contribution in [2.45, 2.75) is 39.1 Å². The van der Waals surface area contributed by atoms with Gasteiger partial charge < -0.3 is 19.1 Å². The Morgan fingerprint density at radius 2 is 1.67 bits per heavy atom. The quantitative estimate of drug-likeness (QED) is 0.564. The van der Waals surface area contributed by atoms with E-state index < -0.39 is 12.4 Å². The van der Waals surface area contributed by atoms with Gasteiger partial charge in [0.2, 0.25) is 6.29 Å². The summed E-state index contributed by atoms with van der Waals surface area (Å²) in [6.45, 7) is 7.39. The molecule has 0 radical (unpaired) electrons. The summed E-state index contributed by atoms with van der Waals surface area (Å²) in [6, 6.07) is 0.386. The van der Waals surface area contributed by atoms with Gasteiger partial charge in [0.25, 0.3) is 0 Å². The van der Waals surface area contributed by atoms with Crippen LogP contribution in [0.2, 0.25) is 0 Å². The van der Waals surface area contributed by atoms with E-state index in [4.69, 9.17) is 14.2 Å². The molecule has 2 fully saturated rings. The van der Waals surface area contributed by atoms with Crippen molar-refractivity contribution in [2.24, 2.45) is 5.92 Å². The molecule has 0 aromatic rings. The van der Waals surface area contributed by atoms with Crippen LogP contribution in [0.3, 0.4) is 0 Å². The van der Waals surface area contributed by atoms with E-state index in [1.54, 1.807) is 25.7 Å². The van der Waals surface area contributed by atoms with Gasteiger partial charge in [-0.2, -0.15) is 0 Å². The lowest BCUT2D eigenvalue weighted by Crippen LogP contribution is -2.64. The van der Waals surface area contributed by atoms with E-state index in [0.29, 0.717) is 26.3 Å². The predicted molar refractivity (Wildman–Crippen MR) is 74.6 cm³/mol. The van der Waals surface area contributed by atoms with Crippen LogP contribution in [0, 0.1) is 5.92 Å². The third-order valence-electron chi connectivity index (χ3n) is 3.91. The van der Waals surface area contributed by atoms with E-state index in [0.717, 1.165) is 0 Å². The molecular formula is C14H24N2O5. The Hall–Kier alpha value is -1.34. The first kappa shape index (κ1) is 16.0. The highest BCUT2D eigenvalue weighted by molar-refractivity contribution is 5.72. The lowest BCUT2D eigenvalue weighted by atomic mass is 10.1. The Kier molecular flexibility index (Phi) is 5.05. The molecule has 2 aliphatic heterocycles. The lowest BCUT2D eigenvalue weighted by molar-refractivity contribution is -0.171. The van der Waals surface area contributed by atoms with Gasteiger partial charge in [0.15, 0.2) is 0 Å². The fraction of sp³-hybridized carbons (Fsp3) is 0.857. The van der Waals surface area contributed by atoms with Crippen molar-refractivity contribution in [1.82, 2.24) is 9.80 Å². The molecule has 0 aromatic carbocycles. The minimum absolute atomic E-state index is 0.193. The molecule has 2 rings (SSSR count). The highest BCUT2D eigenvalue weighted by Gasteiger charge is 2.38. The topological polar surface area (TPSA) is 68.3 Å². The summed E-state index contributed by atoms with van der Waals surface area (Å²) in [5.41, 5.74) is 0. The fourth-order valence-corrected chi connectivity index (χ4v) is 2.51. The van der Waals surface area contributed by atoms with Gasteiger partial charge in [-0.3, -0.25) is 9.69 Å². The Morgan fingerprint density at radius 3 is 2.19 bits per heavy atom. The third kappa shape index (κ3) is 3.85. The average Bonchev–Trinajstić information content (AvgIpc) is 2.37. The largest absolute Gasteiger partial charge is 0.425 e. The van der Waals surface area contributed by atoms with E-state index in [2.05, 4.69) is 4.90 Å². The van der Waals surface area contributed by atoms with Crippen molar-refractivity contribution in [1.29, 1.82) is 0 Å². The SMILES string of the molecule is CC(OC(=O)C(C)C)OC(=O)N1CC2COCC(C1)N2C. The van der Waals surface area contributed by atoms with Crippen LogP contribution in [0.5, 0.6) is 0 Å². The van der Waals surface area contributed by atoms with Crippen LogP contribution in [0.1, 0.15) is 20.8 Å². The Balaban J connectivity index is 1.85. The summed E-state index contributed by atoms with van der Waals surface area (Å²) in [5.74, 6) is -0.620. The number of carbonyl (C=O) groups excluding carboxylic acids is 2. The number of piperazine rings is 1. The molecule has 1 amide bonds. The molecule has 3 atom stereocenters. The number of hydrogen-bond acceptors (Lipinski definition) is 6. The molecule has 0 spiro atoms. The van der Waals surface area contributed by atoms with Gasteiger partial charge in [0, 0.05) is 20.0 Å². The zero-order valence-electron chi connectivity index (χ0n) is 13.1. The minimum Gasteiger partial charge on any atom is -0.425 e. The monoisotopic (exact) mass is 300 g/mol. The van der Waals surface area contributed by atoms with Crippen molar-refractivity contribution in [3.8, 4) is 0 Å².